The molecule has 0 aromatic heterocycles. The fourth-order valence-electron chi connectivity index (χ4n) is 1.58. The van der Waals surface area contributed by atoms with Crippen molar-refractivity contribution in [1.82, 2.24) is 5.32 Å². The number of hydrogen-bond donors (Lipinski definition) is 1. The fourth-order valence-corrected chi connectivity index (χ4v) is 3.05. The Hall–Kier alpha value is -0.593. The Balaban J connectivity index is 3.38. The molecule has 0 radical (unpaired) electrons. The van der Waals surface area contributed by atoms with Gasteiger partial charge in [-0.15, -0.1) is 0 Å². The molecular weight excluding hydrogens is 250 g/mol. The Morgan fingerprint density at radius 2 is 1.72 bits per heavy atom. The first-order valence-corrected chi connectivity index (χ1v) is 9.11. The van der Waals surface area contributed by atoms with Crippen molar-refractivity contribution in [2.24, 2.45) is 0 Å². The number of ether oxygens (including phenoxy) is 1. The van der Waals surface area contributed by atoms with Crippen molar-refractivity contribution in [3.05, 3.63) is 0 Å². The molecule has 1 N–H and O–H groups in total. The molecule has 0 bridgehead atoms. The van der Waals surface area contributed by atoms with Crippen LogP contribution in [0.4, 0.5) is 4.79 Å². The minimum atomic E-state index is -1.88. The van der Waals surface area contributed by atoms with Gasteiger partial charge in [0.05, 0.1) is 6.61 Å². The van der Waals surface area contributed by atoms with E-state index in [0.29, 0.717) is 13.2 Å². The number of unbranched alkanes of at least 4 members (excludes halogenated alkanes) is 3. The average molecular weight is 277 g/mol. The normalized spacial score (nSPS) is 11.3. The van der Waals surface area contributed by atoms with Gasteiger partial charge in [0.2, 0.25) is 0 Å². The van der Waals surface area contributed by atoms with E-state index in [0.717, 1.165) is 31.7 Å². The molecule has 0 atom stereocenters. The van der Waals surface area contributed by atoms with Gasteiger partial charge in [-0.25, -0.2) is 4.79 Å². The van der Waals surface area contributed by atoms with E-state index in [4.69, 9.17) is 13.6 Å². The summed E-state index contributed by atoms with van der Waals surface area (Å²) in [7, 11) is 1.56. The van der Waals surface area contributed by atoms with Crippen molar-refractivity contribution in [3.63, 3.8) is 0 Å². The van der Waals surface area contributed by atoms with Crippen molar-refractivity contribution in [3.8, 4) is 0 Å². The van der Waals surface area contributed by atoms with Crippen molar-refractivity contribution in [2.75, 3.05) is 27.4 Å². The first-order chi connectivity index (χ1) is 8.58. The van der Waals surface area contributed by atoms with Crippen LogP contribution < -0.4 is 5.32 Å². The standard InChI is InChI=1S/C12H27NO4Si/c1-5-17-12(14)13-10-8-6-7-9-11-18(4,15-2)16-3/h5-11H2,1-4H3,(H,13,14). The number of hydrogen-bond acceptors (Lipinski definition) is 4. The van der Waals surface area contributed by atoms with Crippen LogP contribution in [0, 0.1) is 0 Å². The SMILES string of the molecule is CCOC(=O)NCCCCCC[Si](C)(OC)OC. The van der Waals surface area contributed by atoms with E-state index in [9.17, 15) is 4.79 Å². The molecule has 0 aromatic rings. The molecule has 0 aromatic carbocycles. The second-order valence-electron chi connectivity index (χ2n) is 4.35. The minimum Gasteiger partial charge on any atom is -0.450 e. The molecule has 0 heterocycles. The molecule has 0 saturated heterocycles. The van der Waals surface area contributed by atoms with Gasteiger partial charge < -0.3 is 18.9 Å². The van der Waals surface area contributed by atoms with E-state index in [1.165, 1.54) is 0 Å². The third kappa shape index (κ3) is 8.49. The van der Waals surface area contributed by atoms with Crippen molar-refractivity contribution < 1.29 is 18.4 Å². The molecule has 0 unspecified atom stereocenters. The highest BCUT2D eigenvalue weighted by Gasteiger charge is 2.27. The molecule has 0 aliphatic heterocycles. The first-order valence-electron chi connectivity index (χ1n) is 6.59. The van der Waals surface area contributed by atoms with Gasteiger partial charge >= 0.3 is 14.7 Å². The Morgan fingerprint density at radius 3 is 2.28 bits per heavy atom. The van der Waals surface area contributed by atoms with Crippen LogP contribution in [0.1, 0.15) is 32.6 Å². The second kappa shape index (κ2) is 10.3. The molecule has 1 amide bonds. The Kier molecular flexibility index (Phi) is 10.00. The highest BCUT2D eigenvalue weighted by Crippen LogP contribution is 2.16. The summed E-state index contributed by atoms with van der Waals surface area (Å²) in [5, 5.41) is 2.71. The number of carbonyl (C=O) groups excluding carboxylic acids is 1. The van der Waals surface area contributed by atoms with Gasteiger partial charge in [-0.2, -0.15) is 0 Å². The summed E-state index contributed by atoms with van der Waals surface area (Å²) in [5.74, 6) is 0. The largest absolute Gasteiger partial charge is 0.450 e. The summed E-state index contributed by atoms with van der Waals surface area (Å²) in [6.45, 7) is 4.98. The topological polar surface area (TPSA) is 56.8 Å². The van der Waals surface area contributed by atoms with E-state index in [2.05, 4.69) is 11.9 Å². The maximum Gasteiger partial charge on any atom is 0.407 e. The van der Waals surface area contributed by atoms with Gasteiger partial charge in [-0.1, -0.05) is 19.3 Å². The van der Waals surface area contributed by atoms with Gasteiger partial charge in [0, 0.05) is 20.8 Å². The lowest BCUT2D eigenvalue weighted by Crippen LogP contribution is -2.35. The molecule has 0 aliphatic carbocycles. The Morgan fingerprint density at radius 1 is 1.11 bits per heavy atom. The van der Waals surface area contributed by atoms with Gasteiger partial charge in [-0.3, -0.25) is 0 Å². The summed E-state index contributed by atoms with van der Waals surface area (Å²) in [4.78, 5) is 11.0. The third-order valence-corrected chi connectivity index (χ3v) is 5.96. The molecule has 108 valence electrons. The highest BCUT2D eigenvalue weighted by atomic mass is 28.4. The summed E-state index contributed by atoms with van der Waals surface area (Å²) < 4.78 is 15.6. The monoisotopic (exact) mass is 277 g/mol. The van der Waals surface area contributed by atoms with Crippen LogP contribution in [-0.2, 0) is 13.6 Å². The van der Waals surface area contributed by atoms with Gasteiger partial charge in [0.15, 0.2) is 0 Å². The van der Waals surface area contributed by atoms with Crippen LogP contribution in [-0.4, -0.2) is 42.0 Å². The first kappa shape index (κ1) is 17.4. The molecule has 0 spiro atoms. The quantitative estimate of drug-likeness (QED) is 0.493. The van der Waals surface area contributed by atoms with Crippen molar-refractivity contribution >= 4 is 14.7 Å². The number of rotatable bonds is 10. The van der Waals surface area contributed by atoms with Crippen LogP contribution in [0.2, 0.25) is 12.6 Å². The fraction of sp³-hybridized carbons (Fsp3) is 0.917. The zero-order valence-corrected chi connectivity index (χ0v) is 13.1. The maximum atomic E-state index is 11.0. The Labute approximate surface area is 111 Å². The van der Waals surface area contributed by atoms with Crippen LogP contribution in [0.25, 0.3) is 0 Å². The predicted molar refractivity (Wildman–Crippen MR) is 73.9 cm³/mol. The zero-order chi connectivity index (χ0) is 13.9. The number of nitrogens with one attached hydrogen (secondary N) is 1. The molecule has 0 aliphatic rings. The minimum absolute atomic E-state index is 0.323. The van der Waals surface area contributed by atoms with Crippen LogP contribution in [0.5, 0.6) is 0 Å². The summed E-state index contributed by atoms with van der Waals surface area (Å²) in [6.07, 6.45) is 4.02. The van der Waals surface area contributed by atoms with Crippen molar-refractivity contribution in [1.29, 1.82) is 0 Å². The van der Waals surface area contributed by atoms with Gasteiger partial charge in [0.1, 0.15) is 0 Å². The van der Waals surface area contributed by atoms with E-state index >= 15 is 0 Å². The molecule has 18 heavy (non-hydrogen) atoms. The lowest BCUT2D eigenvalue weighted by atomic mass is 10.2. The van der Waals surface area contributed by atoms with E-state index < -0.39 is 8.56 Å². The molecular formula is C12H27NO4Si. The van der Waals surface area contributed by atoms with Gasteiger partial charge in [-0.05, 0) is 25.9 Å². The highest BCUT2D eigenvalue weighted by molar-refractivity contribution is 6.65. The van der Waals surface area contributed by atoms with E-state index in [1.54, 1.807) is 21.1 Å². The summed E-state index contributed by atoms with van der Waals surface area (Å²) in [6, 6.07) is 1.02. The second-order valence-corrected chi connectivity index (χ2v) is 7.94. The predicted octanol–water partition coefficient (Wildman–Crippen LogP) is 2.66. The van der Waals surface area contributed by atoms with E-state index in [-0.39, 0.29) is 6.09 Å². The van der Waals surface area contributed by atoms with Crippen LogP contribution in [0.15, 0.2) is 0 Å². The molecule has 0 rings (SSSR count). The lowest BCUT2D eigenvalue weighted by Gasteiger charge is -2.22. The lowest BCUT2D eigenvalue weighted by molar-refractivity contribution is 0.152. The van der Waals surface area contributed by atoms with Crippen molar-refractivity contribution in [2.45, 2.75) is 45.2 Å². The third-order valence-electron chi connectivity index (χ3n) is 2.97. The molecule has 6 heteroatoms. The number of alkyl carbamates (subject to hydrolysis) is 1. The van der Waals surface area contributed by atoms with E-state index in [1.807, 2.05) is 0 Å². The Bertz CT molecular complexity index is 222. The average Bonchev–Trinajstić information content (AvgIpc) is 2.37. The zero-order valence-electron chi connectivity index (χ0n) is 12.1. The van der Waals surface area contributed by atoms with Crippen LogP contribution >= 0.6 is 0 Å². The summed E-state index contributed by atoms with van der Waals surface area (Å²) in [5.41, 5.74) is 0. The molecule has 5 nitrogen and oxygen atoms in total. The smallest absolute Gasteiger partial charge is 0.407 e. The molecule has 0 fully saturated rings. The van der Waals surface area contributed by atoms with Crippen LogP contribution in [0.3, 0.4) is 0 Å². The van der Waals surface area contributed by atoms with Gasteiger partial charge in [0.25, 0.3) is 0 Å². The number of amides is 1. The number of carbonyl (C=O) groups is 1. The maximum absolute atomic E-state index is 11.0. The molecule has 0 saturated carbocycles. The summed E-state index contributed by atoms with van der Waals surface area (Å²) >= 11 is 0.